The number of amides is 2. The highest BCUT2D eigenvalue weighted by Crippen LogP contribution is 2.28. The molecule has 0 fully saturated rings. The van der Waals surface area contributed by atoms with Crippen molar-refractivity contribution in [1.82, 2.24) is 4.90 Å². The lowest BCUT2D eigenvalue weighted by Gasteiger charge is -2.30. The Bertz CT molecular complexity index is 761. The van der Waals surface area contributed by atoms with Crippen LogP contribution in [-0.2, 0) is 16.1 Å². The zero-order valence-electron chi connectivity index (χ0n) is 13.3. The minimum Gasteiger partial charge on any atom is -0.323 e. The van der Waals surface area contributed by atoms with Crippen LogP contribution >= 0.6 is 15.9 Å². The summed E-state index contributed by atoms with van der Waals surface area (Å²) in [6.45, 7) is 0.973. The Hall–Kier alpha value is -2.18. The molecule has 0 spiro atoms. The number of hydrogen-bond acceptors (Lipinski definition) is 3. The lowest BCUT2D eigenvalue weighted by molar-refractivity contribution is -0.122. The molecule has 6 heteroatoms. The maximum Gasteiger partial charge on any atom is 0.244 e. The normalized spacial score (nSPS) is 13.6. The molecule has 124 valence electrons. The van der Waals surface area contributed by atoms with Crippen LogP contribution in [0.3, 0.4) is 0 Å². The van der Waals surface area contributed by atoms with Crippen LogP contribution in [0, 0.1) is 0 Å². The quantitative estimate of drug-likeness (QED) is 0.877. The molecular weight excluding hydrogens is 370 g/mol. The van der Waals surface area contributed by atoms with Crippen LogP contribution in [0.25, 0.3) is 0 Å². The first-order valence-corrected chi connectivity index (χ1v) is 8.44. The molecule has 0 aliphatic carbocycles. The van der Waals surface area contributed by atoms with Gasteiger partial charge in [-0.3, -0.25) is 19.4 Å². The van der Waals surface area contributed by atoms with Crippen LogP contribution in [0.4, 0.5) is 11.4 Å². The number of halogens is 1. The van der Waals surface area contributed by atoms with Crippen molar-refractivity contribution in [3.05, 3.63) is 58.6 Å². The summed E-state index contributed by atoms with van der Waals surface area (Å²) in [6.07, 6.45) is 0. The highest BCUT2D eigenvalue weighted by Gasteiger charge is 2.26. The maximum absolute atomic E-state index is 12.7. The fraction of sp³-hybridized carbons (Fsp3) is 0.222. The Kier molecular flexibility index (Phi) is 4.97. The molecule has 1 N–H and O–H groups in total. The van der Waals surface area contributed by atoms with E-state index in [9.17, 15) is 9.59 Å². The number of para-hydroxylation sites is 2. The molecule has 2 aromatic carbocycles. The van der Waals surface area contributed by atoms with Crippen LogP contribution in [0.2, 0.25) is 0 Å². The number of carbonyl (C=O) groups excluding carboxylic acids is 2. The van der Waals surface area contributed by atoms with Gasteiger partial charge in [-0.1, -0.05) is 40.2 Å². The largest absolute Gasteiger partial charge is 0.323 e. The summed E-state index contributed by atoms with van der Waals surface area (Å²) in [5, 5.41) is 2.79. The van der Waals surface area contributed by atoms with E-state index in [-0.39, 0.29) is 24.9 Å². The molecule has 2 amide bonds. The van der Waals surface area contributed by atoms with Crippen molar-refractivity contribution < 1.29 is 9.59 Å². The van der Waals surface area contributed by atoms with Crippen LogP contribution < -0.4 is 10.2 Å². The van der Waals surface area contributed by atoms with Gasteiger partial charge in [-0.2, -0.15) is 0 Å². The first-order chi connectivity index (χ1) is 11.5. The highest BCUT2D eigenvalue weighted by molar-refractivity contribution is 9.10. The summed E-state index contributed by atoms with van der Waals surface area (Å²) in [4.78, 5) is 28.0. The third kappa shape index (κ3) is 3.83. The fourth-order valence-corrected chi connectivity index (χ4v) is 2.99. The van der Waals surface area contributed by atoms with E-state index in [1.165, 1.54) is 0 Å². The van der Waals surface area contributed by atoms with Gasteiger partial charge in [0, 0.05) is 11.0 Å². The topological polar surface area (TPSA) is 52.7 Å². The smallest absolute Gasteiger partial charge is 0.244 e. The monoisotopic (exact) mass is 387 g/mol. The number of benzene rings is 2. The molecule has 2 aromatic rings. The summed E-state index contributed by atoms with van der Waals surface area (Å²) < 4.78 is 1.03. The van der Waals surface area contributed by atoms with Crippen molar-refractivity contribution in [2.24, 2.45) is 0 Å². The summed E-state index contributed by atoms with van der Waals surface area (Å²) in [5.74, 6) is -0.255. The number of fused-ring (bicyclic) bond motifs is 1. The molecule has 0 aromatic heterocycles. The van der Waals surface area contributed by atoms with Gasteiger partial charge in [0.2, 0.25) is 11.8 Å². The minimum absolute atomic E-state index is 0.0575. The zero-order chi connectivity index (χ0) is 17.1. The Labute approximate surface area is 149 Å². The van der Waals surface area contributed by atoms with E-state index in [4.69, 9.17) is 0 Å². The van der Waals surface area contributed by atoms with Crippen molar-refractivity contribution in [3.8, 4) is 0 Å². The molecule has 1 aliphatic rings. The average molecular weight is 388 g/mol. The van der Waals surface area contributed by atoms with E-state index in [1.807, 2.05) is 54.4 Å². The van der Waals surface area contributed by atoms with E-state index in [0.717, 1.165) is 15.7 Å². The van der Waals surface area contributed by atoms with Crippen molar-refractivity contribution in [3.63, 3.8) is 0 Å². The molecule has 0 unspecified atom stereocenters. The predicted octanol–water partition coefficient (Wildman–Crippen LogP) is 2.87. The van der Waals surface area contributed by atoms with Gasteiger partial charge in [0.1, 0.15) is 6.54 Å². The number of hydrogen-bond donors (Lipinski definition) is 1. The standard InChI is InChI=1S/C18H18BrN3O2/c1-21(10-13-6-8-14(19)9-7-13)12-18(24)22-11-17(23)20-15-4-2-3-5-16(15)22/h2-9H,10-12H2,1H3,(H,20,23). The van der Waals surface area contributed by atoms with E-state index in [2.05, 4.69) is 21.2 Å². The van der Waals surface area contributed by atoms with Crippen molar-refractivity contribution in [1.29, 1.82) is 0 Å². The van der Waals surface area contributed by atoms with Gasteiger partial charge >= 0.3 is 0 Å². The molecule has 0 atom stereocenters. The first kappa shape index (κ1) is 16.7. The van der Waals surface area contributed by atoms with E-state index in [1.54, 1.807) is 11.0 Å². The molecule has 0 bridgehead atoms. The van der Waals surface area contributed by atoms with Crippen LogP contribution in [-0.4, -0.2) is 36.9 Å². The number of nitrogens with one attached hydrogen (secondary N) is 1. The fourth-order valence-electron chi connectivity index (χ4n) is 2.73. The summed E-state index contributed by atoms with van der Waals surface area (Å²) in [5.41, 5.74) is 2.56. The number of carbonyl (C=O) groups is 2. The maximum atomic E-state index is 12.7. The van der Waals surface area contributed by atoms with Crippen molar-refractivity contribution in [2.45, 2.75) is 6.54 Å². The molecule has 1 aliphatic heterocycles. The highest BCUT2D eigenvalue weighted by atomic mass is 79.9. The molecule has 0 radical (unpaired) electrons. The predicted molar refractivity (Wildman–Crippen MR) is 97.9 cm³/mol. The van der Waals surface area contributed by atoms with Crippen LogP contribution in [0.15, 0.2) is 53.0 Å². The Morgan fingerprint density at radius 3 is 2.67 bits per heavy atom. The van der Waals surface area contributed by atoms with Gasteiger partial charge in [0.25, 0.3) is 0 Å². The van der Waals surface area contributed by atoms with E-state index in [0.29, 0.717) is 12.2 Å². The molecule has 3 rings (SSSR count). The zero-order valence-corrected chi connectivity index (χ0v) is 14.9. The van der Waals surface area contributed by atoms with Gasteiger partial charge in [0.05, 0.1) is 17.9 Å². The molecular formula is C18H18BrN3O2. The third-order valence-electron chi connectivity index (χ3n) is 3.84. The third-order valence-corrected chi connectivity index (χ3v) is 4.37. The molecule has 5 nitrogen and oxygen atoms in total. The van der Waals surface area contributed by atoms with Crippen LogP contribution in [0.5, 0.6) is 0 Å². The first-order valence-electron chi connectivity index (χ1n) is 7.65. The lowest BCUT2D eigenvalue weighted by atomic mass is 10.2. The van der Waals surface area contributed by atoms with Gasteiger partial charge in [-0.25, -0.2) is 0 Å². The van der Waals surface area contributed by atoms with E-state index >= 15 is 0 Å². The van der Waals surface area contributed by atoms with Gasteiger partial charge in [0.15, 0.2) is 0 Å². The molecule has 0 saturated heterocycles. The van der Waals surface area contributed by atoms with Gasteiger partial charge in [-0.15, -0.1) is 0 Å². The lowest BCUT2D eigenvalue weighted by Crippen LogP contribution is -2.45. The summed E-state index contributed by atoms with van der Waals surface area (Å²) >= 11 is 3.41. The second-order valence-electron chi connectivity index (χ2n) is 5.84. The Morgan fingerprint density at radius 1 is 1.21 bits per heavy atom. The van der Waals surface area contributed by atoms with Crippen molar-refractivity contribution >= 4 is 39.1 Å². The molecule has 24 heavy (non-hydrogen) atoms. The summed E-state index contributed by atoms with van der Waals surface area (Å²) in [6, 6.07) is 15.4. The SMILES string of the molecule is CN(CC(=O)N1CC(=O)Nc2ccccc21)Cc1ccc(Br)cc1. The number of rotatable bonds is 4. The number of nitrogens with zero attached hydrogens (tertiary/aromatic N) is 2. The van der Waals surface area contributed by atoms with E-state index < -0.39 is 0 Å². The van der Waals surface area contributed by atoms with Gasteiger partial charge < -0.3 is 5.32 Å². The Balaban J connectivity index is 1.68. The second-order valence-corrected chi connectivity index (χ2v) is 6.76. The van der Waals surface area contributed by atoms with Gasteiger partial charge in [-0.05, 0) is 36.9 Å². The number of likely N-dealkylation sites (N-methyl/N-ethyl adjacent to an activating group) is 1. The van der Waals surface area contributed by atoms with Crippen molar-refractivity contribution in [2.75, 3.05) is 30.4 Å². The second kappa shape index (κ2) is 7.15. The average Bonchev–Trinajstić information content (AvgIpc) is 2.56. The molecule has 1 heterocycles. The Morgan fingerprint density at radius 2 is 1.92 bits per heavy atom. The van der Waals surface area contributed by atoms with Crippen LogP contribution in [0.1, 0.15) is 5.56 Å². The molecule has 0 saturated carbocycles. The summed E-state index contributed by atoms with van der Waals surface area (Å²) in [7, 11) is 1.90. The minimum atomic E-state index is -0.169. The number of anilines is 2.